The average molecular weight is 257 g/mol. The summed E-state index contributed by atoms with van der Waals surface area (Å²) in [5.74, 6) is 0.152. The lowest BCUT2D eigenvalue weighted by Gasteiger charge is -2.13. The van der Waals surface area contributed by atoms with E-state index in [0.29, 0.717) is 18.0 Å². The SMILES string of the molecule is COCC(C)CNS(=O)(=O)c1ccccc1C. The van der Waals surface area contributed by atoms with Crippen molar-refractivity contribution in [2.45, 2.75) is 18.7 Å². The summed E-state index contributed by atoms with van der Waals surface area (Å²) in [6.45, 7) is 4.64. The van der Waals surface area contributed by atoms with Crippen molar-refractivity contribution in [3.05, 3.63) is 29.8 Å². The average Bonchev–Trinajstić information content (AvgIpc) is 2.27. The first-order valence-electron chi connectivity index (χ1n) is 5.51. The monoisotopic (exact) mass is 257 g/mol. The Morgan fingerprint density at radius 1 is 1.35 bits per heavy atom. The zero-order valence-electron chi connectivity index (χ0n) is 10.4. The molecule has 1 atom stereocenters. The van der Waals surface area contributed by atoms with E-state index in [4.69, 9.17) is 4.74 Å². The van der Waals surface area contributed by atoms with Gasteiger partial charge in [0, 0.05) is 20.3 Å². The molecule has 1 N–H and O–H groups in total. The molecule has 0 amide bonds. The van der Waals surface area contributed by atoms with E-state index in [-0.39, 0.29) is 5.92 Å². The smallest absolute Gasteiger partial charge is 0.240 e. The molecule has 5 heteroatoms. The third kappa shape index (κ3) is 4.11. The van der Waals surface area contributed by atoms with Crippen LogP contribution in [0.5, 0.6) is 0 Å². The molecule has 0 bridgehead atoms. The van der Waals surface area contributed by atoms with E-state index in [0.717, 1.165) is 5.56 Å². The molecule has 0 radical (unpaired) electrons. The molecule has 17 heavy (non-hydrogen) atoms. The second kappa shape index (κ2) is 6.14. The molecule has 1 unspecified atom stereocenters. The van der Waals surface area contributed by atoms with Crippen LogP contribution in [0.3, 0.4) is 0 Å². The molecule has 0 aliphatic heterocycles. The second-order valence-corrected chi connectivity index (χ2v) is 5.91. The maximum atomic E-state index is 12.0. The Hall–Kier alpha value is -0.910. The molecule has 4 nitrogen and oxygen atoms in total. The van der Waals surface area contributed by atoms with Gasteiger partial charge in [0.15, 0.2) is 0 Å². The van der Waals surface area contributed by atoms with Crippen LogP contribution in [-0.4, -0.2) is 28.7 Å². The summed E-state index contributed by atoms with van der Waals surface area (Å²) in [5.41, 5.74) is 0.749. The van der Waals surface area contributed by atoms with Crippen molar-refractivity contribution in [1.82, 2.24) is 4.72 Å². The van der Waals surface area contributed by atoms with Gasteiger partial charge in [-0.2, -0.15) is 0 Å². The zero-order chi connectivity index (χ0) is 12.9. The van der Waals surface area contributed by atoms with Crippen LogP contribution in [-0.2, 0) is 14.8 Å². The van der Waals surface area contributed by atoms with Crippen molar-refractivity contribution < 1.29 is 13.2 Å². The van der Waals surface area contributed by atoms with Crippen LogP contribution in [0.15, 0.2) is 29.2 Å². The molecule has 1 rings (SSSR count). The number of aryl methyl sites for hydroxylation is 1. The second-order valence-electron chi connectivity index (χ2n) is 4.18. The number of hydrogen-bond donors (Lipinski definition) is 1. The van der Waals surface area contributed by atoms with E-state index >= 15 is 0 Å². The topological polar surface area (TPSA) is 55.4 Å². The molecule has 0 spiro atoms. The highest BCUT2D eigenvalue weighted by Crippen LogP contribution is 2.13. The van der Waals surface area contributed by atoms with E-state index in [1.165, 1.54) is 0 Å². The highest BCUT2D eigenvalue weighted by Gasteiger charge is 2.16. The summed E-state index contributed by atoms with van der Waals surface area (Å²) in [6, 6.07) is 6.94. The summed E-state index contributed by atoms with van der Waals surface area (Å²) in [6.07, 6.45) is 0. The predicted octanol–water partition coefficient (Wildman–Crippen LogP) is 1.56. The number of nitrogens with one attached hydrogen (secondary N) is 1. The van der Waals surface area contributed by atoms with E-state index < -0.39 is 10.0 Å². The fraction of sp³-hybridized carbons (Fsp3) is 0.500. The number of sulfonamides is 1. The first-order valence-corrected chi connectivity index (χ1v) is 7.00. The molecule has 0 saturated heterocycles. The number of rotatable bonds is 6. The quantitative estimate of drug-likeness (QED) is 0.841. The highest BCUT2D eigenvalue weighted by molar-refractivity contribution is 7.89. The lowest BCUT2D eigenvalue weighted by Crippen LogP contribution is -2.30. The molecule has 0 aromatic heterocycles. The summed E-state index contributed by atoms with van der Waals surface area (Å²) >= 11 is 0. The van der Waals surface area contributed by atoms with Crippen molar-refractivity contribution in [3.8, 4) is 0 Å². The maximum absolute atomic E-state index is 12.0. The van der Waals surface area contributed by atoms with Gasteiger partial charge in [0.05, 0.1) is 4.90 Å². The minimum Gasteiger partial charge on any atom is -0.384 e. The zero-order valence-corrected chi connectivity index (χ0v) is 11.3. The van der Waals surface area contributed by atoms with Crippen LogP contribution in [0.25, 0.3) is 0 Å². The van der Waals surface area contributed by atoms with Gasteiger partial charge in [0.25, 0.3) is 0 Å². The molecule has 1 aromatic rings. The van der Waals surface area contributed by atoms with Crippen LogP contribution in [0, 0.1) is 12.8 Å². The van der Waals surface area contributed by atoms with Crippen molar-refractivity contribution in [1.29, 1.82) is 0 Å². The molecular weight excluding hydrogens is 238 g/mol. The van der Waals surface area contributed by atoms with E-state index in [1.54, 1.807) is 32.2 Å². The van der Waals surface area contributed by atoms with E-state index in [9.17, 15) is 8.42 Å². The minimum atomic E-state index is -3.41. The Balaban J connectivity index is 2.73. The summed E-state index contributed by atoms with van der Waals surface area (Å²) in [5, 5.41) is 0. The van der Waals surface area contributed by atoms with Crippen LogP contribution in [0.1, 0.15) is 12.5 Å². The number of benzene rings is 1. The summed E-state index contributed by atoms with van der Waals surface area (Å²) in [7, 11) is -1.81. The Morgan fingerprint density at radius 2 is 2.00 bits per heavy atom. The van der Waals surface area contributed by atoms with Crippen molar-refractivity contribution in [3.63, 3.8) is 0 Å². The van der Waals surface area contributed by atoms with Gasteiger partial charge >= 0.3 is 0 Å². The lowest BCUT2D eigenvalue weighted by atomic mass is 10.2. The van der Waals surface area contributed by atoms with Crippen LogP contribution >= 0.6 is 0 Å². The molecular formula is C12H19NO3S. The van der Waals surface area contributed by atoms with E-state index in [1.807, 2.05) is 13.0 Å². The minimum absolute atomic E-state index is 0.152. The Kier molecular flexibility index (Phi) is 5.11. The third-order valence-electron chi connectivity index (χ3n) is 2.46. The van der Waals surface area contributed by atoms with Gasteiger partial charge in [-0.05, 0) is 24.5 Å². The molecule has 0 heterocycles. The maximum Gasteiger partial charge on any atom is 0.240 e. The van der Waals surface area contributed by atoms with Crippen LogP contribution < -0.4 is 4.72 Å². The van der Waals surface area contributed by atoms with Gasteiger partial charge in [-0.3, -0.25) is 0 Å². The van der Waals surface area contributed by atoms with Crippen molar-refractivity contribution in [2.75, 3.05) is 20.3 Å². The Labute approximate surface area is 103 Å². The van der Waals surface area contributed by atoms with Crippen LogP contribution in [0.2, 0.25) is 0 Å². The number of ether oxygens (including phenoxy) is 1. The molecule has 0 aliphatic carbocycles. The van der Waals surface area contributed by atoms with Crippen molar-refractivity contribution in [2.24, 2.45) is 5.92 Å². The Morgan fingerprint density at radius 3 is 2.59 bits per heavy atom. The van der Waals surface area contributed by atoms with Crippen molar-refractivity contribution >= 4 is 10.0 Å². The van der Waals surface area contributed by atoms with Gasteiger partial charge in [0.1, 0.15) is 0 Å². The molecule has 0 saturated carbocycles. The predicted molar refractivity (Wildman–Crippen MR) is 67.4 cm³/mol. The van der Waals surface area contributed by atoms with Gasteiger partial charge in [-0.1, -0.05) is 25.1 Å². The normalized spacial score (nSPS) is 13.6. The lowest BCUT2D eigenvalue weighted by molar-refractivity contribution is 0.161. The number of hydrogen-bond acceptors (Lipinski definition) is 3. The first kappa shape index (κ1) is 14.2. The molecule has 0 aliphatic rings. The number of methoxy groups -OCH3 is 1. The largest absolute Gasteiger partial charge is 0.384 e. The fourth-order valence-corrected chi connectivity index (χ4v) is 2.94. The van der Waals surface area contributed by atoms with E-state index in [2.05, 4.69) is 4.72 Å². The third-order valence-corrected chi connectivity index (χ3v) is 4.04. The van der Waals surface area contributed by atoms with Gasteiger partial charge in [-0.25, -0.2) is 13.1 Å². The van der Waals surface area contributed by atoms with Gasteiger partial charge in [0.2, 0.25) is 10.0 Å². The van der Waals surface area contributed by atoms with Gasteiger partial charge in [-0.15, -0.1) is 0 Å². The van der Waals surface area contributed by atoms with Gasteiger partial charge < -0.3 is 4.74 Å². The summed E-state index contributed by atoms with van der Waals surface area (Å²) in [4.78, 5) is 0.338. The summed E-state index contributed by atoms with van der Waals surface area (Å²) < 4.78 is 31.6. The fourth-order valence-electron chi connectivity index (χ4n) is 1.53. The standard InChI is InChI=1S/C12H19NO3S/c1-10(9-16-3)8-13-17(14,15)12-7-5-4-6-11(12)2/h4-7,10,13H,8-9H2,1-3H3. The first-order chi connectivity index (χ1) is 7.97. The van der Waals surface area contributed by atoms with Crippen LogP contribution in [0.4, 0.5) is 0 Å². The molecule has 0 fully saturated rings. The molecule has 1 aromatic carbocycles. The Bertz CT molecular complexity index is 457. The molecule has 96 valence electrons. The highest BCUT2D eigenvalue weighted by atomic mass is 32.2.